The molecular formula is C25H25BrN2O4. The van der Waals surface area contributed by atoms with E-state index in [0.29, 0.717) is 24.5 Å². The van der Waals surface area contributed by atoms with E-state index in [-0.39, 0.29) is 5.91 Å². The molecule has 0 saturated heterocycles. The van der Waals surface area contributed by atoms with E-state index in [1.165, 1.54) is 0 Å². The predicted molar refractivity (Wildman–Crippen MR) is 128 cm³/mol. The average Bonchev–Trinajstić information content (AvgIpc) is 2.82. The Morgan fingerprint density at radius 1 is 1.06 bits per heavy atom. The van der Waals surface area contributed by atoms with Crippen molar-refractivity contribution < 1.29 is 19.0 Å². The quantitative estimate of drug-likeness (QED) is 0.303. The van der Waals surface area contributed by atoms with Crippen molar-refractivity contribution in [3.8, 4) is 17.2 Å². The maximum atomic E-state index is 12.5. The van der Waals surface area contributed by atoms with Crippen LogP contribution >= 0.6 is 15.9 Å². The normalized spacial score (nSPS) is 11.7. The molecule has 1 N–H and O–H groups in total. The summed E-state index contributed by atoms with van der Waals surface area (Å²) in [6, 6.07) is 22.6. The van der Waals surface area contributed by atoms with Crippen molar-refractivity contribution in [3.63, 3.8) is 0 Å². The molecule has 0 unspecified atom stereocenters. The monoisotopic (exact) mass is 496 g/mol. The summed E-state index contributed by atoms with van der Waals surface area (Å²) in [6.45, 7) is 2.26. The van der Waals surface area contributed by atoms with Crippen LogP contribution in [0.1, 0.15) is 24.5 Å². The number of para-hydroxylation sites is 1. The summed E-state index contributed by atoms with van der Waals surface area (Å²) in [4.78, 5) is 12.5. The molecule has 32 heavy (non-hydrogen) atoms. The summed E-state index contributed by atoms with van der Waals surface area (Å²) in [5, 5.41) is 4.10. The standard InChI is InChI=1S/C25H25BrN2O4/c1-3-23(32-22-12-7-10-20(26)15-22)25(29)28-27-16-19-9-4-5-13-24(19)31-17-18-8-6-11-21(14-18)30-2/h4-16,23H,3,17H2,1-2H3,(H,28,29)/b27-16-/t23-/m1/s1. The zero-order valence-corrected chi connectivity index (χ0v) is 19.5. The van der Waals surface area contributed by atoms with Crippen molar-refractivity contribution in [3.05, 3.63) is 88.4 Å². The van der Waals surface area contributed by atoms with Crippen molar-refractivity contribution in [2.24, 2.45) is 5.10 Å². The minimum atomic E-state index is -0.652. The van der Waals surface area contributed by atoms with Gasteiger partial charge in [0, 0.05) is 10.0 Å². The highest BCUT2D eigenvalue weighted by atomic mass is 79.9. The molecule has 0 saturated carbocycles. The molecule has 6 nitrogen and oxygen atoms in total. The first-order valence-electron chi connectivity index (χ1n) is 10.2. The number of rotatable bonds is 10. The predicted octanol–water partition coefficient (Wildman–Crippen LogP) is 5.34. The summed E-state index contributed by atoms with van der Waals surface area (Å²) < 4.78 is 17.9. The third-order valence-corrected chi connectivity index (χ3v) is 5.06. The zero-order valence-electron chi connectivity index (χ0n) is 18.0. The van der Waals surface area contributed by atoms with E-state index in [9.17, 15) is 4.79 Å². The van der Waals surface area contributed by atoms with Crippen molar-refractivity contribution >= 4 is 28.1 Å². The van der Waals surface area contributed by atoms with Gasteiger partial charge in [0.1, 0.15) is 23.9 Å². The second-order valence-electron chi connectivity index (χ2n) is 6.88. The van der Waals surface area contributed by atoms with Gasteiger partial charge < -0.3 is 14.2 Å². The van der Waals surface area contributed by atoms with E-state index in [1.807, 2.05) is 73.7 Å². The fraction of sp³-hybridized carbons (Fsp3) is 0.200. The Kier molecular flexibility index (Phi) is 8.69. The Bertz CT molecular complexity index is 1070. The lowest BCUT2D eigenvalue weighted by Crippen LogP contribution is -2.35. The molecule has 0 spiro atoms. The Morgan fingerprint density at radius 3 is 2.62 bits per heavy atom. The van der Waals surface area contributed by atoms with Crippen molar-refractivity contribution in [2.75, 3.05) is 7.11 Å². The van der Waals surface area contributed by atoms with Crippen LogP contribution in [0, 0.1) is 0 Å². The highest BCUT2D eigenvalue weighted by Crippen LogP contribution is 2.21. The number of ether oxygens (including phenoxy) is 3. The van der Waals surface area contributed by atoms with Crippen molar-refractivity contribution in [2.45, 2.75) is 26.1 Å². The number of carbonyl (C=O) groups is 1. The lowest BCUT2D eigenvalue weighted by atomic mass is 10.2. The fourth-order valence-corrected chi connectivity index (χ4v) is 3.28. The molecule has 3 aromatic rings. The lowest BCUT2D eigenvalue weighted by molar-refractivity contribution is -0.128. The number of benzene rings is 3. The molecule has 0 radical (unpaired) electrons. The Balaban J connectivity index is 1.60. The topological polar surface area (TPSA) is 69.2 Å². The zero-order chi connectivity index (χ0) is 22.8. The number of nitrogens with zero attached hydrogens (tertiary/aromatic N) is 1. The summed E-state index contributed by atoms with van der Waals surface area (Å²) in [7, 11) is 1.63. The summed E-state index contributed by atoms with van der Waals surface area (Å²) in [5.41, 5.74) is 4.29. The second kappa shape index (κ2) is 11.9. The fourth-order valence-electron chi connectivity index (χ4n) is 2.91. The van der Waals surface area contributed by atoms with Gasteiger partial charge in [-0.1, -0.05) is 53.2 Å². The Hall–Kier alpha value is -3.32. The van der Waals surface area contributed by atoms with E-state index in [1.54, 1.807) is 19.4 Å². The van der Waals surface area contributed by atoms with Gasteiger partial charge in [0.2, 0.25) is 0 Å². The maximum Gasteiger partial charge on any atom is 0.281 e. The molecule has 3 rings (SSSR count). The van der Waals surface area contributed by atoms with Gasteiger partial charge in [-0.15, -0.1) is 0 Å². The largest absolute Gasteiger partial charge is 0.497 e. The van der Waals surface area contributed by atoms with Crippen LogP contribution in [-0.2, 0) is 11.4 Å². The van der Waals surface area contributed by atoms with Crippen LogP contribution in [0.3, 0.4) is 0 Å². The van der Waals surface area contributed by atoms with E-state index in [4.69, 9.17) is 14.2 Å². The Morgan fingerprint density at radius 2 is 1.84 bits per heavy atom. The van der Waals surface area contributed by atoms with Crippen molar-refractivity contribution in [1.82, 2.24) is 5.43 Å². The van der Waals surface area contributed by atoms with Crippen LogP contribution in [0.25, 0.3) is 0 Å². The number of methoxy groups -OCH3 is 1. The molecule has 0 aliphatic heterocycles. The highest BCUT2D eigenvalue weighted by molar-refractivity contribution is 9.10. The first-order chi connectivity index (χ1) is 15.6. The molecule has 0 fully saturated rings. The first-order valence-corrected chi connectivity index (χ1v) is 11.0. The summed E-state index contributed by atoms with van der Waals surface area (Å²) in [6.07, 6.45) is 1.42. The third-order valence-electron chi connectivity index (χ3n) is 4.56. The molecule has 0 bridgehead atoms. The number of hydrogen-bond donors (Lipinski definition) is 1. The van der Waals surface area contributed by atoms with Gasteiger partial charge in [-0.05, 0) is 54.4 Å². The van der Waals surface area contributed by atoms with Gasteiger partial charge in [-0.2, -0.15) is 5.10 Å². The van der Waals surface area contributed by atoms with Gasteiger partial charge in [0.15, 0.2) is 6.10 Å². The third kappa shape index (κ3) is 6.85. The molecule has 1 atom stereocenters. The number of carbonyl (C=O) groups excluding carboxylic acids is 1. The van der Waals surface area contributed by atoms with Crippen LogP contribution < -0.4 is 19.6 Å². The van der Waals surface area contributed by atoms with Crippen molar-refractivity contribution in [1.29, 1.82) is 0 Å². The van der Waals surface area contributed by atoms with Gasteiger partial charge >= 0.3 is 0 Å². The molecule has 0 aliphatic rings. The van der Waals surface area contributed by atoms with Crippen LogP contribution in [0.4, 0.5) is 0 Å². The highest BCUT2D eigenvalue weighted by Gasteiger charge is 2.18. The van der Waals surface area contributed by atoms with Crippen LogP contribution in [0.2, 0.25) is 0 Å². The van der Waals surface area contributed by atoms with Crippen LogP contribution in [-0.4, -0.2) is 25.3 Å². The smallest absolute Gasteiger partial charge is 0.281 e. The molecule has 1 amide bonds. The maximum absolute atomic E-state index is 12.5. The molecular weight excluding hydrogens is 472 g/mol. The van der Waals surface area contributed by atoms with Crippen LogP contribution in [0.15, 0.2) is 82.4 Å². The van der Waals surface area contributed by atoms with E-state index < -0.39 is 6.10 Å². The Labute approximate surface area is 196 Å². The molecule has 0 heterocycles. The van der Waals surface area contributed by atoms with Gasteiger partial charge in [-0.3, -0.25) is 4.79 Å². The van der Waals surface area contributed by atoms with Gasteiger partial charge in [-0.25, -0.2) is 5.43 Å². The molecule has 166 valence electrons. The number of halogens is 1. The SMILES string of the molecule is CC[C@@H](Oc1cccc(Br)c1)C(=O)N/N=C\c1ccccc1OCc1cccc(OC)c1. The minimum absolute atomic E-state index is 0.321. The molecule has 7 heteroatoms. The number of hydrogen-bond acceptors (Lipinski definition) is 5. The van der Waals surface area contributed by atoms with Crippen LogP contribution in [0.5, 0.6) is 17.2 Å². The van der Waals surface area contributed by atoms with E-state index in [0.717, 1.165) is 21.3 Å². The number of nitrogens with one attached hydrogen (secondary N) is 1. The molecule has 0 aliphatic carbocycles. The van der Waals surface area contributed by atoms with Gasteiger partial charge in [0.05, 0.1) is 13.3 Å². The summed E-state index contributed by atoms with van der Waals surface area (Å²) >= 11 is 3.40. The first kappa shape index (κ1) is 23.3. The molecule has 0 aromatic heterocycles. The van der Waals surface area contributed by atoms with Gasteiger partial charge in [0.25, 0.3) is 5.91 Å². The second-order valence-corrected chi connectivity index (χ2v) is 7.80. The number of amides is 1. The lowest BCUT2D eigenvalue weighted by Gasteiger charge is -2.16. The summed E-state index contributed by atoms with van der Waals surface area (Å²) in [5.74, 6) is 1.73. The minimum Gasteiger partial charge on any atom is -0.497 e. The van der Waals surface area contributed by atoms with E-state index >= 15 is 0 Å². The molecule has 3 aromatic carbocycles. The number of hydrazone groups is 1. The average molecular weight is 497 g/mol. The van der Waals surface area contributed by atoms with E-state index in [2.05, 4.69) is 26.5 Å².